The highest BCUT2D eigenvalue weighted by atomic mass is 32.2. The van der Waals surface area contributed by atoms with Gasteiger partial charge < -0.3 is 0 Å². The predicted molar refractivity (Wildman–Crippen MR) is 72.3 cm³/mol. The Morgan fingerprint density at radius 3 is 3.11 bits per heavy atom. The van der Waals surface area contributed by atoms with Crippen LogP contribution in [-0.4, -0.2) is 20.3 Å². The Hall–Kier alpha value is -1.78. The van der Waals surface area contributed by atoms with Gasteiger partial charge in [-0.2, -0.15) is 5.26 Å². The second-order valence-corrected chi connectivity index (χ2v) is 5.83. The van der Waals surface area contributed by atoms with Gasteiger partial charge in [0.1, 0.15) is 21.7 Å². The summed E-state index contributed by atoms with van der Waals surface area (Å²) in [5.74, 6) is 0.824. The van der Waals surface area contributed by atoms with Crippen molar-refractivity contribution in [3.63, 3.8) is 0 Å². The van der Waals surface area contributed by atoms with Gasteiger partial charge in [0, 0.05) is 18.5 Å². The summed E-state index contributed by atoms with van der Waals surface area (Å²) in [6, 6.07) is 7.46. The molecule has 3 heterocycles. The Kier molecular flexibility index (Phi) is 3.27. The number of thioether (sulfide) groups is 1. The Balaban J connectivity index is 2.09. The quantitative estimate of drug-likeness (QED) is 0.619. The van der Waals surface area contributed by atoms with Gasteiger partial charge >= 0.3 is 0 Å². The predicted octanol–water partition coefficient (Wildman–Crippen LogP) is 1.77. The molecule has 0 amide bonds. The van der Waals surface area contributed by atoms with E-state index < -0.39 is 0 Å². The Labute approximate surface area is 117 Å². The zero-order valence-electron chi connectivity index (χ0n) is 9.74. The maximum atomic E-state index is 12.2. The van der Waals surface area contributed by atoms with Crippen LogP contribution in [0.4, 0.5) is 0 Å². The maximum absolute atomic E-state index is 12.2. The fourth-order valence-corrected chi connectivity index (χ4v) is 3.55. The third-order valence-electron chi connectivity index (χ3n) is 2.60. The second-order valence-electron chi connectivity index (χ2n) is 3.76. The van der Waals surface area contributed by atoms with Crippen LogP contribution >= 0.6 is 23.5 Å². The molecule has 1 aliphatic heterocycles. The highest BCUT2D eigenvalue weighted by Crippen LogP contribution is 2.29. The van der Waals surface area contributed by atoms with E-state index in [9.17, 15) is 4.79 Å². The van der Waals surface area contributed by atoms with Crippen molar-refractivity contribution in [2.45, 2.75) is 21.8 Å². The van der Waals surface area contributed by atoms with E-state index in [-0.39, 0.29) is 11.1 Å². The number of rotatable bonds is 2. The minimum absolute atomic E-state index is 0.0990. The first-order valence-corrected chi connectivity index (χ1v) is 7.36. The fourth-order valence-electron chi connectivity index (χ4n) is 1.73. The molecule has 2 aromatic heterocycles. The van der Waals surface area contributed by atoms with Gasteiger partial charge in [0.25, 0.3) is 5.56 Å². The molecule has 0 aliphatic carbocycles. The molecular weight excluding hydrogens is 280 g/mol. The summed E-state index contributed by atoms with van der Waals surface area (Å²) < 4.78 is 1.56. The van der Waals surface area contributed by atoms with E-state index in [4.69, 9.17) is 5.26 Å². The molecule has 94 valence electrons. The van der Waals surface area contributed by atoms with E-state index in [2.05, 4.69) is 9.97 Å². The molecule has 0 N–H and O–H groups in total. The SMILES string of the molecule is N#Cc1c(Sc2ccccn2)nc2n(c1=O)CCS2. The van der Waals surface area contributed by atoms with Crippen molar-refractivity contribution in [1.29, 1.82) is 5.26 Å². The molecule has 0 atom stereocenters. The molecule has 2 aromatic rings. The molecule has 1 aliphatic rings. The molecule has 0 aromatic carbocycles. The lowest BCUT2D eigenvalue weighted by Gasteiger charge is -2.06. The van der Waals surface area contributed by atoms with Crippen molar-refractivity contribution in [2.75, 3.05) is 5.75 Å². The van der Waals surface area contributed by atoms with Gasteiger partial charge in [-0.15, -0.1) is 0 Å². The van der Waals surface area contributed by atoms with Crippen LogP contribution in [0.25, 0.3) is 0 Å². The molecule has 0 spiro atoms. The number of fused-ring (bicyclic) bond motifs is 1. The Morgan fingerprint density at radius 2 is 2.37 bits per heavy atom. The zero-order valence-corrected chi connectivity index (χ0v) is 11.4. The van der Waals surface area contributed by atoms with E-state index in [0.29, 0.717) is 16.7 Å². The summed E-state index contributed by atoms with van der Waals surface area (Å²) in [6.45, 7) is 0.620. The highest BCUT2D eigenvalue weighted by Gasteiger charge is 2.21. The lowest BCUT2D eigenvalue weighted by atomic mass is 10.4. The van der Waals surface area contributed by atoms with Gasteiger partial charge in [0.05, 0.1) is 0 Å². The lowest BCUT2D eigenvalue weighted by Crippen LogP contribution is -2.23. The van der Waals surface area contributed by atoms with Gasteiger partial charge in [0.2, 0.25) is 0 Å². The average Bonchev–Trinajstić information content (AvgIpc) is 2.89. The minimum atomic E-state index is -0.254. The van der Waals surface area contributed by atoms with E-state index in [1.807, 2.05) is 24.3 Å². The van der Waals surface area contributed by atoms with Crippen LogP contribution in [0.15, 0.2) is 44.4 Å². The number of aromatic nitrogens is 3. The first-order chi connectivity index (χ1) is 9.29. The highest BCUT2D eigenvalue weighted by molar-refractivity contribution is 8.00. The largest absolute Gasteiger partial charge is 0.286 e. The van der Waals surface area contributed by atoms with E-state index in [1.165, 1.54) is 23.5 Å². The van der Waals surface area contributed by atoms with Crippen LogP contribution < -0.4 is 5.56 Å². The summed E-state index contributed by atoms with van der Waals surface area (Å²) in [4.78, 5) is 20.7. The Morgan fingerprint density at radius 1 is 1.47 bits per heavy atom. The molecule has 0 saturated heterocycles. The summed E-state index contributed by atoms with van der Waals surface area (Å²) in [7, 11) is 0. The first kappa shape index (κ1) is 12.3. The van der Waals surface area contributed by atoms with Crippen LogP contribution in [0.1, 0.15) is 5.56 Å². The van der Waals surface area contributed by atoms with E-state index in [0.717, 1.165) is 10.8 Å². The van der Waals surface area contributed by atoms with Gasteiger partial charge in [-0.3, -0.25) is 9.36 Å². The first-order valence-electron chi connectivity index (χ1n) is 5.56. The molecule has 5 nitrogen and oxygen atoms in total. The van der Waals surface area contributed by atoms with Crippen molar-refractivity contribution in [3.8, 4) is 6.07 Å². The van der Waals surface area contributed by atoms with Crippen molar-refractivity contribution < 1.29 is 0 Å². The molecule has 0 fully saturated rings. The smallest absolute Gasteiger partial charge is 0.273 e. The van der Waals surface area contributed by atoms with Crippen LogP contribution in [-0.2, 0) is 6.54 Å². The van der Waals surface area contributed by atoms with Crippen LogP contribution in [0.2, 0.25) is 0 Å². The summed E-state index contributed by atoms with van der Waals surface area (Å²) in [5, 5.41) is 11.0. The monoisotopic (exact) mass is 288 g/mol. The van der Waals surface area contributed by atoms with Gasteiger partial charge in [-0.25, -0.2) is 9.97 Å². The van der Waals surface area contributed by atoms with Gasteiger partial charge in [-0.1, -0.05) is 17.8 Å². The fraction of sp³-hybridized carbons (Fsp3) is 0.167. The van der Waals surface area contributed by atoms with E-state index in [1.54, 1.807) is 10.8 Å². The van der Waals surface area contributed by atoms with Crippen LogP contribution in [0.3, 0.4) is 0 Å². The summed E-state index contributed by atoms with van der Waals surface area (Å²) in [5.41, 5.74) is -0.155. The lowest BCUT2D eigenvalue weighted by molar-refractivity contribution is 0.633. The van der Waals surface area contributed by atoms with Crippen LogP contribution in [0.5, 0.6) is 0 Å². The molecule has 0 saturated carbocycles. The number of nitriles is 1. The molecule has 0 unspecified atom stereocenters. The average molecular weight is 288 g/mol. The van der Waals surface area contributed by atoms with Gasteiger partial charge in [0.15, 0.2) is 5.16 Å². The van der Waals surface area contributed by atoms with Crippen molar-refractivity contribution in [2.24, 2.45) is 0 Å². The van der Waals surface area contributed by atoms with E-state index >= 15 is 0 Å². The second kappa shape index (κ2) is 5.07. The van der Waals surface area contributed by atoms with Gasteiger partial charge in [-0.05, 0) is 23.9 Å². The number of hydrogen-bond acceptors (Lipinski definition) is 6. The summed E-state index contributed by atoms with van der Waals surface area (Å²) in [6.07, 6.45) is 1.67. The molecule has 19 heavy (non-hydrogen) atoms. The molecule has 3 rings (SSSR count). The third kappa shape index (κ3) is 2.25. The topological polar surface area (TPSA) is 71.6 Å². The zero-order chi connectivity index (χ0) is 13.2. The molecular formula is C12H8N4OS2. The molecule has 7 heteroatoms. The minimum Gasteiger partial charge on any atom is -0.286 e. The maximum Gasteiger partial charge on any atom is 0.273 e. The summed E-state index contributed by atoms with van der Waals surface area (Å²) >= 11 is 2.78. The standard InChI is InChI=1S/C12H8N4OS2/c13-7-8-10(19-9-3-1-2-4-14-9)15-12-16(11(8)17)5-6-18-12/h1-4H,5-6H2. The van der Waals surface area contributed by atoms with Crippen molar-refractivity contribution in [3.05, 3.63) is 40.3 Å². The van der Waals surface area contributed by atoms with Crippen LogP contribution in [0, 0.1) is 11.3 Å². The number of nitrogens with zero attached hydrogens (tertiary/aromatic N) is 4. The number of pyridine rings is 1. The van der Waals surface area contributed by atoms with Crippen molar-refractivity contribution >= 4 is 23.5 Å². The third-order valence-corrected chi connectivity index (χ3v) is 4.49. The number of hydrogen-bond donors (Lipinski definition) is 0. The molecule has 0 bridgehead atoms. The van der Waals surface area contributed by atoms with Crippen molar-refractivity contribution in [1.82, 2.24) is 14.5 Å². The Bertz CT molecular complexity index is 721. The normalized spacial score (nSPS) is 13.0. The molecule has 0 radical (unpaired) electrons.